The molecule has 3 nitrogen and oxygen atoms in total. The third kappa shape index (κ3) is 2.03. The maximum Gasteiger partial charge on any atom is 0.226 e. The molecule has 1 heterocycles. The van der Waals surface area contributed by atoms with Crippen molar-refractivity contribution in [1.82, 2.24) is 4.98 Å². The van der Waals surface area contributed by atoms with Crippen LogP contribution in [0.3, 0.4) is 0 Å². The first-order chi connectivity index (χ1) is 7.20. The smallest absolute Gasteiger partial charge is 0.226 e. The molecule has 0 saturated heterocycles. The van der Waals surface area contributed by atoms with Gasteiger partial charge in [0.25, 0.3) is 0 Å². The van der Waals surface area contributed by atoms with E-state index in [9.17, 15) is 0 Å². The van der Waals surface area contributed by atoms with Crippen molar-refractivity contribution < 1.29 is 9.52 Å². The molecular formula is C11H10ClNO2. The quantitative estimate of drug-likeness (QED) is 0.852. The molecule has 0 atom stereocenters. The number of aliphatic hydroxyl groups is 1. The topological polar surface area (TPSA) is 46.3 Å². The number of aliphatic hydroxyl groups excluding tert-OH is 1. The summed E-state index contributed by atoms with van der Waals surface area (Å²) in [7, 11) is 0. The van der Waals surface area contributed by atoms with E-state index in [-0.39, 0.29) is 6.61 Å². The summed E-state index contributed by atoms with van der Waals surface area (Å²) >= 11 is 5.86. The molecule has 0 saturated carbocycles. The number of benzene rings is 1. The van der Waals surface area contributed by atoms with E-state index >= 15 is 0 Å². The Kier molecular flexibility index (Phi) is 2.75. The van der Waals surface area contributed by atoms with E-state index in [0.29, 0.717) is 22.4 Å². The normalized spacial score (nSPS) is 10.6. The summed E-state index contributed by atoms with van der Waals surface area (Å²) in [4.78, 5) is 4.16. The summed E-state index contributed by atoms with van der Waals surface area (Å²) in [5, 5.41) is 9.62. The van der Waals surface area contributed by atoms with Crippen molar-refractivity contribution in [3.05, 3.63) is 40.7 Å². The molecule has 0 amide bonds. The fourth-order valence-electron chi connectivity index (χ4n) is 1.32. The number of hydrogen-bond donors (Lipinski definition) is 1. The van der Waals surface area contributed by atoms with Crippen LogP contribution in [0.2, 0.25) is 5.02 Å². The highest BCUT2D eigenvalue weighted by molar-refractivity contribution is 6.30. The number of hydrogen-bond acceptors (Lipinski definition) is 3. The Morgan fingerprint density at radius 3 is 2.87 bits per heavy atom. The fraction of sp³-hybridized carbons (Fsp3) is 0.182. The lowest BCUT2D eigenvalue weighted by molar-refractivity contribution is 0.275. The summed E-state index contributed by atoms with van der Waals surface area (Å²) < 4.78 is 5.42. The minimum absolute atomic E-state index is 0.115. The largest absolute Gasteiger partial charge is 0.441 e. The molecule has 0 aliphatic carbocycles. The number of nitrogens with zero attached hydrogens (tertiary/aromatic N) is 1. The molecule has 0 spiro atoms. The first-order valence-corrected chi connectivity index (χ1v) is 4.91. The summed E-state index contributed by atoms with van der Waals surface area (Å²) in [6.45, 7) is 1.66. The van der Waals surface area contributed by atoms with Crippen molar-refractivity contribution in [1.29, 1.82) is 0 Å². The van der Waals surface area contributed by atoms with Crippen molar-refractivity contribution in [2.75, 3.05) is 0 Å². The molecule has 0 fully saturated rings. The van der Waals surface area contributed by atoms with Gasteiger partial charge in [0.1, 0.15) is 11.5 Å². The van der Waals surface area contributed by atoms with E-state index in [1.807, 2.05) is 12.1 Å². The van der Waals surface area contributed by atoms with Crippen LogP contribution in [0.25, 0.3) is 11.5 Å². The lowest BCUT2D eigenvalue weighted by Crippen LogP contribution is -1.85. The first kappa shape index (κ1) is 10.2. The van der Waals surface area contributed by atoms with Crippen LogP contribution in [0.1, 0.15) is 11.5 Å². The molecule has 4 heteroatoms. The monoisotopic (exact) mass is 223 g/mol. The fourth-order valence-corrected chi connectivity index (χ4v) is 1.51. The van der Waals surface area contributed by atoms with Gasteiger partial charge < -0.3 is 9.52 Å². The van der Waals surface area contributed by atoms with E-state index in [4.69, 9.17) is 21.1 Å². The molecule has 2 aromatic rings. The van der Waals surface area contributed by atoms with Crippen LogP contribution in [0.15, 0.2) is 28.7 Å². The minimum atomic E-state index is -0.115. The summed E-state index contributed by atoms with van der Waals surface area (Å²) in [5.41, 5.74) is 1.37. The molecule has 15 heavy (non-hydrogen) atoms. The van der Waals surface area contributed by atoms with Crippen LogP contribution in [-0.4, -0.2) is 10.1 Å². The van der Waals surface area contributed by atoms with Gasteiger partial charge in [-0.2, -0.15) is 0 Å². The second-order valence-electron chi connectivity index (χ2n) is 3.19. The zero-order valence-corrected chi connectivity index (χ0v) is 8.95. The molecule has 0 aliphatic heterocycles. The molecule has 1 aromatic heterocycles. The Bertz CT molecular complexity index is 479. The van der Waals surface area contributed by atoms with Crippen LogP contribution >= 0.6 is 11.6 Å². The van der Waals surface area contributed by atoms with Gasteiger partial charge in [0.05, 0.1) is 6.61 Å². The first-order valence-electron chi connectivity index (χ1n) is 4.54. The van der Waals surface area contributed by atoms with Crippen molar-refractivity contribution in [2.45, 2.75) is 13.5 Å². The molecular weight excluding hydrogens is 214 g/mol. The van der Waals surface area contributed by atoms with Gasteiger partial charge in [-0.3, -0.25) is 0 Å². The summed E-state index contributed by atoms with van der Waals surface area (Å²) in [6, 6.07) is 7.25. The average molecular weight is 224 g/mol. The van der Waals surface area contributed by atoms with Crippen LogP contribution in [0.4, 0.5) is 0 Å². The van der Waals surface area contributed by atoms with Crippen LogP contribution in [0, 0.1) is 6.92 Å². The highest BCUT2D eigenvalue weighted by Gasteiger charge is 2.10. The van der Waals surface area contributed by atoms with Gasteiger partial charge in [0, 0.05) is 10.6 Å². The number of oxazole rings is 1. The SMILES string of the molecule is Cc1oc(-c2cccc(Cl)c2)nc1CO. The van der Waals surface area contributed by atoms with Gasteiger partial charge in [-0.25, -0.2) is 4.98 Å². The Morgan fingerprint density at radius 1 is 1.47 bits per heavy atom. The maximum absolute atomic E-state index is 8.98. The van der Waals surface area contributed by atoms with Gasteiger partial charge in [0.2, 0.25) is 5.89 Å². The average Bonchev–Trinajstić information content (AvgIpc) is 2.60. The van der Waals surface area contributed by atoms with Gasteiger partial charge in [-0.1, -0.05) is 17.7 Å². The predicted molar refractivity (Wildman–Crippen MR) is 57.6 cm³/mol. The van der Waals surface area contributed by atoms with Crippen LogP contribution < -0.4 is 0 Å². The molecule has 0 radical (unpaired) electrons. The summed E-state index contributed by atoms with van der Waals surface area (Å²) in [6.07, 6.45) is 0. The molecule has 0 unspecified atom stereocenters. The second-order valence-corrected chi connectivity index (χ2v) is 3.63. The van der Waals surface area contributed by atoms with Crippen molar-refractivity contribution >= 4 is 11.6 Å². The molecule has 1 aromatic carbocycles. The van der Waals surface area contributed by atoms with E-state index < -0.39 is 0 Å². The Balaban J connectivity index is 2.45. The van der Waals surface area contributed by atoms with Crippen LogP contribution in [0.5, 0.6) is 0 Å². The number of aromatic nitrogens is 1. The summed E-state index contributed by atoms with van der Waals surface area (Å²) in [5.74, 6) is 1.12. The van der Waals surface area contributed by atoms with Gasteiger partial charge in [0.15, 0.2) is 0 Å². The van der Waals surface area contributed by atoms with Gasteiger partial charge in [-0.15, -0.1) is 0 Å². The molecule has 2 rings (SSSR count). The highest BCUT2D eigenvalue weighted by atomic mass is 35.5. The molecule has 0 aliphatic rings. The minimum Gasteiger partial charge on any atom is -0.441 e. The molecule has 78 valence electrons. The third-order valence-electron chi connectivity index (χ3n) is 2.11. The maximum atomic E-state index is 8.98. The lowest BCUT2D eigenvalue weighted by atomic mass is 10.2. The molecule has 1 N–H and O–H groups in total. The van der Waals surface area contributed by atoms with Gasteiger partial charge >= 0.3 is 0 Å². The van der Waals surface area contributed by atoms with E-state index in [1.54, 1.807) is 19.1 Å². The standard InChI is InChI=1S/C11H10ClNO2/c1-7-10(6-14)13-11(15-7)8-3-2-4-9(12)5-8/h2-5,14H,6H2,1H3. The zero-order chi connectivity index (χ0) is 10.8. The highest BCUT2D eigenvalue weighted by Crippen LogP contribution is 2.24. The molecule has 0 bridgehead atoms. The number of halogens is 1. The predicted octanol–water partition coefficient (Wildman–Crippen LogP) is 2.80. The van der Waals surface area contributed by atoms with Crippen molar-refractivity contribution in [3.8, 4) is 11.5 Å². The second kappa shape index (κ2) is 4.04. The van der Waals surface area contributed by atoms with Gasteiger partial charge in [-0.05, 0) is 25.1 Å². The Hall–Kier alpha value is -1.32. The van der Waals surface area contributed by atoms with Crippen LogP contribution in [-0.2, 0) is 6.61 Å². The number of aryl methyl sites for hydroxylation is 1. The van der Waals surface area contributed by atoms with E-state index in [0.717, 1.165) is 5.56 Å². The third-order valence-corrected chi connectivity index (χ3v) is 2.35. The zero-order valence-electron chi connectivity index (χ0n) is 8.20. The number of rotatable bonds is 2. The lowest BCUT2D eigenvalue weighted by Gasteiger charge is -1.94. The van der Waals surface area contributed by atoms with E-state index in [2.05, 4.69) is 4.98 Å². The van der Waals surface area contributed by atoms with Crippen molar-refractivity contribution in [3.63, 3.8) is 0 Å². The van der Waals surface area contributed by atoms with Crippen molar-refractivity contribution in [2.24, 2.45) is 0 Å². The Labute approximate surface area is 92.3 Å². The Morgan fingerprint density at radius 2 is 2.27 bits per heavy atom. The van der Waals surface area contributed by atoms with E-state index in [1.165, 1.54) is 0 Å².